The van der Waals surface area contributed by atoms with Crippen LogP contribution in [0.25, 0.3) is 0 Å². The van der Waals surface area contributed by atoms with Crippen LogP contribution in [0, 0.1) is 11.7 Å². The average molecular weight is 358 g/mol. The average Bonchev–Trinajstić information content (AvgIpc) is 2.54. The van der Waals surface area contributed by atoms with Crippen molar-refractivity contribution < 1.29 is 22.3 Å². The summed E-state index contributed by atoms with van der Waals surface area (Å²) in [4.78, 5) is 13.9. The third kappa shape index (κ3) is 4.75. The highest BCUT2D eigenvalue weighted by Gasteiger charge is 2.26. The molecular formula is C16H23FN2O4S. The van der Waals surface area contributed by atoms with E-state index in [1.54, 1.807) is 12.0 Å². The normalized spacial score (nSPS) is 18.6. The maximum absolute atomic E-state index is 14.0. The smallest absolute Gasteiger partial charge is 0.256 e. The van der Waals surface area contributed by atoms with Crippen LogP contribution in [0.5, 0.6) is 0 Å². The maximum atomic E-state index is 14.0. The van der Waals surface area contributed by atoms with Gasteiger partial charge in [0.2, 0.25) is 10.0 Å². The summed E-state index contributed by atoms with van der Waals surface area (Å²) in [7, 11) is -2.33. The van der Waals surface area contributed by atoms with Crippen LogP contribution < -0.4 is 5.14 Å². The molecule has 1 heterocycles. The number of methoxy groups -OCH3 is 1. The van der Waals surface area contributed by atoms with Gasteiger partial charge in [-0.25, -0.2) is 17.9 Å². The number of likely N-dealkylation sites (tertiary alicyclic amines) is 1. The lowest BCUT2D eigenvalue weighted by molar-refractivity contribution is 0.0655. The first-order chi connectivity index (χ1) is 11.3. The fourth-order valence-corrected chi connectivity index (χ4v) is 3.56. The lowest BCUT2D eigenvalue weighted by atomic mass is 9.93. The van der Waals surface area contributed by atoms with E-state index in [-0.39, 0.29) is 10.5 Å². The van der Waals surface area contributed by atoms with Gasteiger partial charge in [0.15, 0.2) is 0 Å². The fraction of sp³-hybridized carbons (Fsp3) is 0.562. The number of carbonyl (C=O) groups is 1. The summed E-state index contributed by atoms with van der Waals surface area (Å²) in [5, 5.41) is 5.06. The minimum Gasteiger partial charge on any atom is -0.385 e. The summed E-state index contributed by atoms with van der Waals surface area (Å²) < 4.78 is 41.9. The van der Waals surface area contributed by atoms with E-state index in [4.69, 9.17) is 9.88 Å². The summed E-state index contributed by atoms with van der Waals surface area (Å²) in [5.41, 5.74) is -0.251. The predicted octanol–water partition coefficient (Wildman–Crippen LogP) is 1.75. The van der Waals surface area contributed by atoms with Crippen LogP contribution in [-0.2, 0) is 14.8 Å². The predicted molar refractivity (Wildman–Crippen MR) is 87.5 cm³/mol. The Kier molecular flexibility index (Phi) is 6.31. The Morgan fingerprint density at radius 3 is 2.88 bits per heavy atom. The van der Waals surface area contributed by atoms with Gasteiger partial charge < -0.3 is 9.64 Å². The lowest BCUT2D eigenvalue weighted by Gasteiger charge is -2.33. The molecule has 2 rings (SSSR count). The Labute approximate surface area is 141 Å². The van der Waals surface area contributed by atoms with E-state index >= 15 is 0 Å². The van der Waals surface area contributed by atoms with Crippen LogP contribution in [-0.4, -0.2) is 46.0 Å². The maximum Gasteiger partial charge on any atom is 0.256 e. The van der Waals surface area contributed by atoms with Crippen molar-refractivity contribution in [3.8, 4) is 0 Å². The van der Waals surface area contributed by atoms with Crippen molar-refractivity contribution >= 4 is 15.9 Å². The highest BCUT2D eigenvalue weighted by Crippen LogP contribution is 2.24. The van der Waals surface area contributed by atoms with Gasteiger partial charge in [0.1, 0.15) is 5.82 Å². The second-order valence-electron chi connectivity index (χ2n) is 6.08. The molecule has 0 aromatic heterocycles. The number of hydrogen-bond acceptors (Lipinski definition) is 4. The second kappa shape index (κ2) is 8.04. The van der Waals surface area contributed by atoms with Gasteiger partial charge >= 0.3 is 0 Å². The van der Waals surface area contributed by atoms with E-state index in [2.05, 4.69) is 0 Å². The summed E-state index contributed by atoms with van der Waals surface area (Å²) in [6, 6.07) is 3.04. The van der Waals surface area contributed by atoms with Gasteiger partial charge in [-0.2, -0.15) is 0 Å². The first-order valence-corrected chi connectivity index (χ1v) is 9.48. The quantitative estimate of drug-likeness (QED) is 0.785. The lowest BCUT2D eigenvalue weighted by Crippen LogP contribution is -2.40. The molecule has 1 atom stereocenters. The van der Waals surface area contributed by atoms with E-state index < -0.39 is 21.7 Å². The molecule has 24 heavy (non-hydrogen) atoms. The molecule has 0 saturated carbocycles. The molecule has 1 aromatic carbocycles. The molecule has 8 heteroatoms. The third-order valence-corrected chi connectivity index (χ3v) is 5.17. The van der Waals surface area contributed by atoms with Crippen LogP contribution >= 0.6 is 0 Å². The largest absolute Gasteiger partial charge is 0.385 e. The highest BCUT2D eigenvalue weighted by molar-refractivity contribution is 7.89. The molecule has 0 bridgehead atoms. The van der Waals surface area contributed by atoms with Crippen molar-refractivity contribution in [2.24, 2.45) is 11.1 Å². The number of carbonyl (C=O) groups excluding carboxylic acids is 1. The number of halogens is 1. The first-order valence-electron chi connectivity index (χ1n) is 7.93. The van der Waals surface area contributed by atoms with Gasteiger partial charge in [-0.05, 0) is 49.8 Å². The Balaban J connectivity index is 2.13. The Hall–Kier alpha value is -1.51. The summed E-state index contributed by atoms with van der Waals surface area (Å²) in [6.45, 7) is 1.76. The fourth-order valence-electron chi connectivity index (χ4n) is 3.02. The van der Waals surface area contributed by atoms with Crippen molar-refractivity contribution in [1.29, 1.82) is 0 Å². The van der Waals surface area contributed by atoms with Gasteiger partial charge in [-0.1, -0.05) is 0 Å². The molecule has 0 radical (unpaired) electrons. The van der Waals surface area contributed by atoms with Crippen molar-refractivity contribution in [3.05, 3.63) is 29.6 Å². The zero-order valence-corrected chi connectivity index (χ0v) is 14.5. The molecular weight excluding hydrogens is 335 g/mol. The van der Waals surface area contributed by atoms with E-state index in [1.807, 2.05) is 0 Å². The Morgan fingerprint density at radius 1 is 1.46 bits per heavy atom. The van der Waals surface area contributed by atoms with Gasteiger partial charge in [-0.15, -0.1) is 0 Å². The number of ether oxygens (including phenoxy) is 1. The molecule has 1 aliphatic heterocycles. The number of amides is 1. The minimum atomic E-state index is -3.98. The first kappa shape index (κ1) is 18.8. The number of nitrogens with two attached hydrogens (primary N) is 1. The van der Waals surface area contributed by atoms with Crippen molar-refractivity contribution in [1.82, 2.24) is 4.90 Å². The summed E-state index contributed by atoms with van der Waals surface area (Å²) >= 11 is 0. The van der Waals surface area contributed by atoms with Crippen molar-refractivity contribution in [2.45, 2.75) is 30.6 Å². The number of nitrogens with zero attached hydrogens (tertiary/aromatic N) is 1. The number of primary sulfonamides is 1. The van der Waals surface area contributed by atoms with Crippen LogP contribution in [0.3, 0.4) is 0 Å². The zero-order valence-electron chi connectivity index (χ0n) is 13.7. The van der Waals surface area contributed by atoms with Gasteiger partial charge in [-0.3, -0.25) is 4.79 Å². The molecule has 1 unspecified atom stereocenters. The molecule has 134 valence electrons. The molecule has 2 N–H and O–H groups in total. The van der Waals surface area contributed by atoms with E-state index in [0.29, 0.717) is 25.6 Å². The molecule has 1 aliphatic rings. The SMILES string of the molecule is COCCCC1CCCN(C(=O)c2cc(S(N)(=O)=O)ccc2F)C1. The van der Waals surface area contributed by atoms with Crippen molar-refractivity contribution in [2.75, 3.05) is 26.8 Å². The van der Waals surface area contributed by atoms with Crippen LogP contribution in [0.2, 0.25) is 0 Å². The van der Waals surface area contributed by atoms with Gasteiger partial charge in [0.25, 0.3) is 5.91 Å². The molecule has 1 fully saturated rings. The Bertz CT molecular complexity index is 693. The molecule has 1 saturated heterocycles. The topological polar surface area (TPSA) is 89.7 Å². The van der Waals surface area contributed by atoms with Gasteiger partial charge in [0, 0.05) is 26.8 Å². The van der Waals surface area contributed by atoms with E-state index in [9.17, 15) is 17.6 Å². The van der Waals surface area contributed by atoms with Crippen LogP contribution in [0.1, 0.15) is 36.0 Å². The molecule has 0 spiro atoms. The zero-order chi connectivity index (χ0) is 17.7. The minimum absolute atomic E-state index is 0.251. The third-order valence-electron chi connectivity index (χ3n) is 4.26. The van der Waals surface area contributed by atoms with Crippen LogP contribution in [0.4, 0.5) is 4.39 Å². The number of rotatable bonds is 6. The molecule has 1 amide bonds. The van der Waals surface area contributed by atoms with E-state index in [1.165, 1.54) is 0 Å². The van der Waals surface area contributed by atoms with Crippen molar-refractivity contribution in [3.63, 3.8) is 0 Å². The van der Waals surface area contributed by atoms with Crippen LogP contribution in [0.15, 0.2) is 23.1 Å². The number of sulfonamides is 1. The number of benzene rings is 1. The van der Waals surface area contributed by atoms with Gasteiger partial charge in [0.05, 0.1) is 10.5 Å². The molecule has 0 aliphatic carbocycles. The number of piperidine rings is 1. The number of hydrogen-bond donors (Lipinski definition) is 1. The second-order valence-corrected chi connectivity index (χ2v) is 7.64. The standard InChI is InChI=1S/C16H23FN2O4S/c1-23-9-3-5-12-4-2-8-19(11-12)16(20)14-10-13(24(18,21)22)6-7-15(14)17/h6-7,10,12H,2-5,8-9,11H2,1H3,(H2,18,21,22). The van der Waals surface area contributed by atoms with E-state index in [0.717, 1.165) is 43.9 Å². The molecule has 1 aromatic rings. The monoisotopic (exact) mass is 358 g/mol. The highest BCUT2D eigenvalue weighted by atomic mass is 32.2. The Morgan fingerprint density at radius 2 is 2.21 bits per heavy atom. The summed E-state index contributed by atoms with van der Waals surface area (Å²) in [6.07, 6.45) is 3.73. The summed E-state index contributed by atoms with van der Waals surface area (Å²) in [5.74, 6) is -0.884. The molecule has 6 nitrogen and oxygen atoms in total.